The molecule has 4 heteroatoms. The second-order valence-corrected chi connectivity index (χ2v) is 5.01. The van der Waals surface area contributed by atoms with E-state index < -0.39 is 5.97 Å². The van der Waals surface area contributed by atoms with Crippen molar-refractivity contribution in [3.8, 4) is 5.75 Å². The van der Waals surface area contributed by atoms with Crippen LogP contribution in [0.2, 0.25) is 0 Å². The quantitative estimate of drug-likeness (QED) is 0.781. The van der Waals surface area contributed by atoms with E-state index in [-0.39, 0.29) is 5.41 Å². The summed E-state index contributed by atoms with van der Waals surface area (Å²) in [7, 11) is 0. The van der Waals surface area contributed by atoms with E-state index in [4.69, 9.17) is 9.84 Å². The molecule has 4 nitrogen and oxygen atoms in total. The number of carbonyl (C=O) groups is 1. The van der Waals surface area contributed by atoms with Crippen molar-refractivity contribution in [3.63, 3.8) is 0 Å². The number of benzene rings is 1. The molecule has 0 unspecified atom stereocenters. The molecule has 3 rings (SSSR count). The highest BCUT2D eigenvalue weighted by Gasteiger charge is 2.39. The first-order chi connectivity index (χ1) is 8.19. The molecule has 0 saturated heterocycles. The number of carboxylic acid groups (broad SMARTS) is 1. The second kappa shape index (κ2) is 3.65. The van der Waals surface area contributed by atoms with Crippen molar-refractivity contribution in [2.75, 3.05) is 18.5 Å². The number of aromatic carboxylic acids is 1. The third-order valence-corrected chi connectivity index (χ3v) is 3.83. The molecule has 1 aliphatic heterocycles. The lowest BCUT2D eigenvalue weighted by molar-refractivity contribution is 0.0696. The van der Waals surface area contributed by atoms with E-state index in [2.05, 4.69) is 5.32 Å². The summed E-state index contributed by atoms with van der Waals surface area (Å²) in [5.74, 6) is -0.143. The number of carboxylic acids is 1. The van der Waals surface area contributed by atoms with Crippen LogP contribution in [-0.4, -0.2) is 24.2 Å². The Morgan fingerprint density at radius 1 is 1.41 bits per heavy atom. The fourth-order valence-electron chi connectivity index (χ4n) is 2.49. The number of hydrogen-bond donors (Lipinski definition) is 2. The first kappa shape index (κ1) is 10.4. The maximum absolute atomic E-state index is 10.9. The molecule has 0 amide bonds. The van der Waals surface area contributed by atoms with Crippen molar-refractivity contribution in [1.29, 1.82) is 0 Å². The number of rotatable bonds is 1. The summed E-state index contributed by atoms with van der Waals surface area (Å²) in [6.45, 7) is 1.61. The highest BCUT2D eigenvalue weighted by Crippen LogP contribution is 2.44. The molecule has 1 spiro atoms. The molecule has 2 N–H and O–H groups in total. The van der Waals surface area contributed by atoms with Gasteiger partial charge in [0, 0.05) is 12.0 Å². The Morgan fingerprint density at radius 2 is 2.24 bits per heavy atom. The van der Waals surface area contributed by atoms with Crippen LogP contribution in [0.4, 0.5) is 5.69 Å². The van der Waals surface area contributed by atoms with Crippen molar-refractivity contribution in [3.05, 3.63) is 23.8 Å². The molecule has 1 saturated carbocycles. The molecule has 1 aliphatic carbocycles. The Hall–Kier alpha value is -1.71. The number of nitrogens with one attached hydrogen (secondary N) is 1. The number of fused-ring (bicyclic) bond motifs is 1. The van der Waals surface area contributed by atoms with Gasteiger partial charge in [-0.2, -0.15) is 0 Å². The smallest absolute Gasteiger partial charge is 0.335 e. The predicted molar refractivity (Wildman–Crippen MR) is 63.7 cm³/mol. The molecule has 1 aromatic rings. The second-order valence-electron chi connectivity index (χ2n) is 5.01. The molecule has 17 heavy (non-hydrogen) atoms. The van der Waals surface area contributed by atoms with Gasteiger partial charge in [-0.15, -0.1) is 0 Å². The lowest BCUT2D eigenvalue weighted by Gasteiger charge is -2.40. The maximum Gasteiger partial charge on any atom is 0.335 e. The molecule has 1 aromatic carbocycles. The summed E-state index contributed by atoms with van der Waals surface area (Å²) in [6, 6.07) is 4.97. The van der Waals surface area contributed by atoms with E-state index in [1.165, 1.54) is 19.3 Å². The van der Waals surface area contributed by atoms with E-state index in [0.29, 0.717) is 5.56 Å². The van der Waals surface area contributed by atoms with Crippen LogP contribution in [0.15, 0.2) is 18.2 Å². The Morgan fingerprint density at radius 3 is 2.88 bits per heavy atom. The lowest BCUT2D eigenvalue weighted by Crippen LogP contribution is -2.40. The van der Waals surface area contributed by atoms with Crippen LogP contribution >= 0.6 is 0 Å². The fraction of sp³-hybridized carbons (Fsp3) is 0.462. The average molecular weight is 233 g/mol. The Kier molecular flexibility index (Phi) is 2.24. The highest BCUT2D eigenvalue weighted by molar-refractivity contribution is 5.89. The van der Waals surface area contributed by atoms with Crippen molar-refractivity contribution >= 4 is 11.7 Å². The molecule has 0 radical (unpaired) electrons. The largest absolute Gasteiger partial charge is 0.491 e. The summed E-state index contributed by atoms with van der Waals surface area (Å²) in [4.78, 5) is 10.9. The van der Waals surface area contributed by atoms with Crippen molar-refractivity contribution < 1.29 is 14.6 Å². The third kappa shape index (κ3) is 1.73. The van der Waals surface area contributed by atoms with Crippen molar-refractivity contribution in [2.45, 2.75) is 19.3 Å². The minimum atomic E-state index is -0.905. The van der Waals surface area contributed by atoms with Crippen LogP contribution in [0.3, 0.4) is 0 Å². The van der Waals surface area contributed by atoms with Gasteiger partial charge in [0.15, 0.2) is 0 Å². The van der Waals surface area contributed by atoms with Crippen LogP contribution in [-0.2, 0) is 0 Å². The van der Waals surface area contributed by atoms with E-state index in [1.807, 2.05) is 0 Å². The van der Waals surface area contributed by atoms with Gasteiger partial charge in [-0.3, -0.25) is 0 Å². The van der Waals surface area contributed by atoms with Gasteiger partial charge in [-0.25, -0.2) is 4.79 Å². The molecular weight excluding hydrogens is 218 g/mol. The normalized spacial score (nSPS) is 20.5. The monoisotopic (exact) mass is 233 g/mol. The summed E-state index contributed by atoms with van der Waals surface area (Å²) in [6.07, 6.45) is 3.65. The number of hydrogen-bond acceptors (Lipinski definition) is 3. The molecule has 0 bridgehead atoms. The predicted octanol–water partition coefficient (Wildman–Crippen LogP) is 2.36. The molecule has 0 atom stereocenters. The van der Waals surface area contributed by atoms with E-state index >= 15 is 0 Å². The van der Waals surface area contributed by atoms with Gasteiger partial charge in [-0.1, -0.05) is 6.42 Å². The Bertz CT molecular complexity index is 466. The number of ether oxygens (including phenoxy) is 1. The summed E-state index contributed by atoms with van der Waals surface area (Å²) < 4.78 is 5.79. The zero-order valence-corrected chi connectivity index (χ0v) is 9.53. The van der Waals surface area contributed by atoms with Gasteiger partial charge in [0.2, 0.25) is 0 Å². The van der Waals surface area contributed by atoms with Gasteiger partial charge < -0.3 is 15.2 Å². The molecule has 90 valence electrons. The van der Waals surface area contributed by atoms with Gasteiger partial charge in [0.1, 0.15) is 5.75 Å². The Balaban J connectivity index is 1.88. The van der Waals surface area contributed by atoms with Crippen LogP contribution in [0, 0.1) is 5.41 Å². The topological polar surface area (TPSA) is 58.6 Å². The van der Waals surface area contributed by atoms with Crippen LogP contribution in [0.25, 0.3) is 0 Å². The van der Waals surface area contributed by atoms with E-state index in [9.17, 15) is 4.79 Å². The minimum Gasteiger partial charge on any atom is -0.491 e. The highest BCUT2D eigenvalue weighted by atomic mass is 16.5. The van der Waals surface area contributed by atoms with Gasteiger partial charge in [-0.05, 0) is 31.0 Å². The summed E-state index contributed by atoms with van der Waals surface area (Å²) in [5.41, 5.74) is 1.36. The lowest BCUT2D eigenvalue weighted by atomic mass is 9.69. The standard InChI is InChI=1S/C13H15NO3/c15-12(16)9-2-3-11-10(6-9)14-7-13(8-17-11)4-1-5-13/h2-3,6,14H,1,4-5,7-8H2,(H,15,16). The van der Waals surface area contributed by atoms with Gasteiger partial charge in [0.25, 0.3) is 0 Å². The summed E-state index contributed by atoms with van der Waals surface area (Å²) in [5, 5.41) is 12.3. The zero-order chi connectivity index (χ0) is 11.9. The van der Waals surface area contributed by atoms with Crippen LogP contribution in [0.5, 0.6) is 5.75 Å². The average Bonchev–Trinajstić information content (AvgIpc) is 2.46. The van der Waals surface area contributed by atoms with E-state index in [1.54, 1.807) is 18.2 Å². The SMILES string of the molecule is O=C(O)c1ccc2c(c1)NCC1(CCC1)CO2. The first-order valence-electron chi connectivity index (χ1n) is 5.93. The van der Waals surface area contributed by atoms with E-state index in [0.717, 1.165) is 24.6 Å². The molecule has 0 aromatic heterocycles. The molecular formula is C13H15NO3. The molecule has 1 heterocycles. The third-order valence-electron chi connectivity index (χ3n) is 3.83. The molecule has 1 fully saturated rings. The maximum atomic E-state index is 10.9. The number of anilines is 1. The molecule has 2 aliphatic rings. The van der Waals surface area contributed by atoms with Gasteiger partial charge in [0.05, 0.1) is 17.9 Å². The Labute approximate surface area is 99.6 Å². The van der Waals surface area contributed by atoms with Crippen LogP contribution in [0.1, 0.15) is 29.6 Å². The zero-order valence-electron chi connectivity index (χ0n) is 9.53. The summed E-state index contributed by atoms with van der Waals surface area (Å²) >= 11 is 0. The first-order valence-corrected chi connectivity index (χ1v) is 5.93. The fourth-order valence-corrected chi connectivity index (χ4v) is 2.49. The van der Waals surface area contributed by atoms with Crippen LogP contribution < -0.4 is 10.1 Å². The minimum absolute atomic E-state index is 0.266. The van der Waals surface area contributed by atoms with Crippen molar-refractivity contribution in [1.82, 2.24) is 0 Å². The van der Waals surface area contributed by atoms with Gasteiger partial charge >= 0.3 is 5.97 Å². The van der Waals surface area contributed by atoms with Crippen molar-refractivity contribution in [2.24, 2.45) is 5.41 Å².